The van der Waals surface area contributed by atoms with Crippen molar-refractivity contribution in [2.24, 2.45) is 5.73 Å². The largest absolute Gasteiger partial charge is 0.329 e. The van der Waals surface area contributed by atoms with E-state index in [0.29, 0.717) is 11.8 Å². The maximum absolute atomic E-state index is 5.89. The standard InChI is InChI=1S/C15H26N2S/c1-4-17(5-2)10-11-18-15(12-16)14-8-6-13(3)7-9-14/h6-9,15H,4-5,10-12,16H2,1-3H3. The van der Waals surface area contributed by atoms with Gasteiger partial charge in [0.15, 0.2) is 0 Å². The Bertz CT molecular complexity index is 320. The molecule has 2 nitrogen and oxygen atoms in total. The van der Waals surface area contributed by atoms with E-state index in [1.165, 1.54) is 11.1 Å². The Morgan fingerprint density at radius 3 is 2.28 bits per heavy atom. The second-order valence-electron chi connectivity index (χ2n) is 4.53. The Morgan fingerprint density at radius 1 is 1.17 bits per heavy atom. The van der Waals surface area contributed by atoms with Gasteiger partial charge in [0.05, 0.1) is 0 Å². The van der Waals surface area contributed by atoms with E-state index in [2.05, 4.69) is 49.9 Å². The first kappa shape index (κ1) is 15.5. The number of hydrogen-bond acceptors (Lipinski definition) is 3. The van der Waals surface area contributed by atoms with Gasteiger partial charge in [-0.1, -0.05) is 43.7 Å². The van der Waals surface area contributed by atoms with Crippen LogP contribution in [0.1, 0.15) is 30.2 Å². The first-order valence-electron chi connectivity index (χ1n) is 6.81. The van der Waals surface area contributed by atoms with Gasteiger partial charge in [-0.3, -0.25) is 0 Å². The van der Waals surface area contributed by atoms with Crippen LogP contribution < -0.4 is 5.73 Å². The van der Waals surface area contributed by atoms with E-state index in [1.807, 2.05) is 11.8 Å². The van der Waals surface area contributed by atoms with E-state index in [4.69, 9.17) is 5.73 Å². The summed E-state index contributed by atoms with van der Waals surface area (Å²) in [5.74, 6) is 1.15. The van der Waals surface area contributed by atoms with Gasteiger partial charge in [-0.05, 0) is 25.6 Å². The summed E-state index contributed by atoms with van der Waals surface area (Å²) in [6.07, 6.45) is 0. The molecule has 102 valence electrons. The maximum Gasteiger partial charge on any atom is 0.0420 e. The molecule has 18 heavy (non-hydrogen) atoms. The second kappa shape index (κ2) is 8.57. The van der Waals surface area contributed by atoms with Crippen LogP contribution in [-0.2, 0) is 0 Å². The topological polar surface area (TPSA) is 29.3 Å². The molecule has 0 aliphatic rings. The molecular weight excluding hydrogens is 240 g/mol. The minimum atomic E-state index is 0.432. The minimum Gasteiger partial charge on any atom is -0.329 e. The summed E-state index contributed by atoms with van der Waals surface area (Å²) in [6.45, 7) is 10.7. The SMILES string of the molecule is CCN(CC)CCSC(CN)c1ccc(C)cc1. The quantitative estimate of drug-likeness (QED) is 0.784. The van der Waals surface area contributed by atoms with Gasteiger partial charge in [0, 0.05) is 24.1 Å². The van der Waals surface area contributed by atoms with Crippen molar-refractivity contribution < 1.29 is 0 Å². The minimum absolute atomic E-state index is 0.432. The lowest BCUT2D eigenvalue weighted by Gasteiger charge is -2.20. The molecule has 2 N–H and O–H groups in total. The molecule has 0 fully saturated rings. The normalized spacial score (nSPS) is 12.9. The number of rotatable bonds is 8. The zero-order valence-corrected chi connectivity index (χ0v) is 12.7. The zero-order valence-electron chi connectivity index (χ0n) is 11.9. The highest BCUT2D eigenvalue weighted by atomic mass is 32.2. The van der Waals surface area contributed by atoms with E-state index in [-0.39, 0.29) is 0 Å². The van der Waals surface area contributed by atoms with Crippen LogP contribution >= 0.6 is 11.8 Å². The van der Waals surface area contributed by atoms with Gasteiger partial charge in [-0.15, -0.1) is 0 Å². The molecule has 0 radical (unpaired) electrons. The van der Waals surface area contributed by atoms with E-state index < -0.39 is 0 Å². The van der Waals surface area contributed by atoms with E-state index in [0.717, 1.165) is 25.4 Å². The molecule has 1 atom stereocenters. The Labute approximate surface area is 116 Å². The predicted octanol–water partition coefficient (Wildman–Crippen LogP) is 3.07. The highest BCUT2D eigenvalue weighted by Gasteiger charge is 2.10. The molecule has 1 aromatic rings. The van der Waals surface area contributed by atoms with E-state index >= 15 is 0 Å². The molecule has 1 rings (SSSR count). The lowest BCUT2D eigenvalue weighted by atomic mass is 10.1. The van der Waals surface area contributed by atoms with Crippen molar-refractivity contribution in [2.75, 3.05) is 31.9 Å². The molecular formula is C15H26N2S. The smallest absolute Gasteiger partial charge is 0.0420 e. The van der Waals surface area contributed by atoms with Crippen molar-refractivity contribution in [3.63, 3.8) is 0 Å². The summed E-state index contributed by atoms with van der Waals surface area (Å²) >= 11 is 1.97. The fourth-order valence-electron chi connectivity index (χ4n) is 1.95. The van der Waals surface area contributed by atoms with Crippen molar-refractivity contribution in [2.45, 2.75) is 26.0 Å². The fraction of sp³-hybridized carbons (Fsp3) is 0.600. The van der Waals surface area contributed by atoms with Gasteiger partial charge in [0.2, 0.25) is 0 Å². The average Bonchev–Trinajstić information content (AvgIpc) is 2.41. The highest BCUT2D eigenvalue weighted by molar-refractivity contribution is 7.99. The lowest BCUT2D eigenvalue weighted by molar-refractivity contribution is 0.324. The summed E-state index contributed by atoms with van der Waals surface area (Å²) in [4.78, 5) is 2.45. The van der Waals surface area contributed by atoms with Gasteiger partial charge >= 0.3 is 0 Å². The highest BCUT2D eigenvalue weighted by Crippen LogP contribution is 2.27. The van der Waals surface area contributed by atoms with Gasteiger partial charge in [-0.25, -0.2) is 0 Å². The molecule has 3 heteroatoms. The third-order valence-electron chi connectivity index (χ3n) is 3.28. The third kappa shape index (κ3) is 5.01. The van der Waals surface area contributed by atoms with Gasteiger partial charge in [0.1, 0.15) is 0 Å². The van der Waals surface area contributed by atoms with Crippen LogP contribution in [0.15, 0.2) is 24.3 Å². The fourth-order valence-corrected chi connectivity index (χ4v) is 3.08. The molecule has 0 saturated heterocycles. The Hall–Kier alpha value is -0.510. The van der Waals surface area contributed by atoms with E-state index in [1.54, 1.807) is 0 Å². The first-order valence-corrected chi connectivity index (χ1v) is 7.86. The van der Waals surface area contributed by atoms with E-state index in [9.17, 15) is 0 Å². The molecule has 0 spiro atoms. The molecule has 0 amide bonds. The number of thioether (sulfide) groups is 1. The summed E-state index contributed by atoms with van der Waals surface area (Å²) in [6, 6.07) is 8.75. The zero-order chi connectivity index (χ0) is 13.4. The summed E-state index contributed by atoms with van der Waals surface area (Å²) in [5, 5.41) is 0.432. The number of aryl methyl sites for hydroxylation is 1. The molecule has 0 bridgehead atoms. The molecule has 0 heterocycles. The van der Waals surface area contributed by atoms with Crippen molar-refractivity contribution in [1.82, 2.24) is 4.90 Å². The molecule has 0 aromatic heterocycles. The van der Waals surface area contributed by atoms with Crippen molar-refractivity contribution in [3.8, 4) is 0 Å². The maximum atomic E-state index is 5.89. The third-order valence-corrected chi connectivity index (χ3v) is 4.57. The number of benzene rings is 1. The van der Waals surface area contributed by atoms with Crippen LogP contribution in [-0.4, -0.2) is 36.8 Å². The Morgan fingerprint density at radius 2 is 1.78 bits per heavy atom. The predicted molar refractivity (Wildman–Crippen MR) is 83.2 cm³/mol. The van der Waals surface area contributed by atoms with Crippen LogP contribution in [0.2, 0.25) is 0 Å². The van der Waals surface area contributed by atoms with Crippen LogP contribution in [0.25, 0.3) is 0 Å². The summed E-state index contributed by atoms with van der Waals surface area (Å²) in [7, 11) is 0. The molecule has 0 saturated carbocycles. The van der Waals surface area contributed by atoms with Crippen LogP contribution in [0, 0.1) is 6.92 Å². The Balaban J connectivity index is 2.44. The number of nitrogens with zero attached hydrogens (tertiary/aromatic N) is 1. The lowest BCUT2D eigenvalue weighted by Crippen LogP contribution is -2.26. The van der Waals surface area contributed by atoms with Gasteiger partial charge in [-0.2, -0.15) is 11.8 Å². The second-order valence-corrected chi connectivity index (χ2v) is 5.84. The van der Waals surface area contributed by atoms with Crippen LogP contribution in [0.3, 0.4) is 0 Å². The number of nitrogens with two attached hydrogens (primary N) is 1. The van der Waals surface area contributed by atoms with Crippen molar-refractivity contribution >= 4 is 11.8 Å². The molecule has 0 aliphatic heterocycles. The Kier molecular flexibility index (Phi) is 7.40. The molecule has 1 aromatic carbocycles. The monoisotopic (exact) mass is 266 g/mol. The first-order chi connectivity index (χ1) is 8.71. The summed E-state index contributed by atoms with van der Waals surface area (Å²) in [5.41, 5.74) is 8.55. The van der Waals surface area contributed by atoms with Crippen molar-refractivity contribution in [3.05, 3.63) is 35.4 Å². The molecule has 1 unspecified atom stereocenters. The van der Waals surface area contributed by atoms with Crippen LogP contribution in [0.4, 0.5) is 0 Å². The molecule has 0 aliphatic carbocycles. The van der Waals surface area contributed by atoms with Gasteiger partial charge < -0.3 is 10.6 Å². The van der Waals surface area contributed by atoms with Gasteiger partial charge in [0.25, 0.3) is 0 Å². The number of hydrogen-bond donors (Lipinski definition) is 1. The van der Waals surface area contributed by atoms with Crippen LogP contribution in [0.5, 0.6) is 0 Å². The average molecular weight is 266 g/mol. The summed E-state index contributed by atoms with van der Waals surface area (Å²) < 4.78 is 0. The van der Waals surface area contributed by atoms with Crippen molar-refractivity contribution in [1.29, 1.82) is 0 Å².